The number of nitrogens with zero attached hydrogens (tertiary/aromatic N) is 1. The summed E-state index contributed by atoms with van der Waals surface area (Å²) in [7, 11) is 0. The summed E-state index contributed by atoms with van der Waals surface area (Å²) in [6.07, 6.45) is 6.81. The zero-order valence-electron chi connectivity index (χ0n) is 23.1. The predicted molar refractivity (Wildman–Crippen MR) is 141 cm³/mol. The molecule has 0 saturated heterocycles. The summed E-state index contributed by atoms with van der Waals surface area (Å²) >= 11 is 0. The maximum atomic E-state index is 12.1. The number of carbonyl (C=O) groups is 3. The summed E-state index contributed by atoms with van der Waals surface area (Å²) in [5.41, 5.74) is 3.22. The molecule has 1 saturated carbocycles. The van der Waals surface area contributed by atoms with Gasteiger partial charge in [0.05, 0.1) is 12.6 Å². The van der Waals surface area contributed by atoms with Gasteiger partial charge >= 0.3 is 18.2 Å². The molecule has 10 nitrogen and oxygen atoms in total. The third kappa shape index (κ3) is 10.1. The normalized spacial score (nSPS) is 20.3. The molecule has 0 aromatic carbocycles. The van der Waals surface area contributed by atoms with Gasteiger partial charge < -0.3 is 30.0 Å². The summed E-state index contributed by atoms with van der Waals surface area (Å²) in [6.45, 7) is 7.09. The largest absolute Gasteiger partial charge is 0.480 e. The monoisotopic (exact) mass is 533 g/mol. The first kappa shape index (κ1) is 29.7. The Bertz CT molecular complexity index is 956. The first-order valence-corrected chi connectivity index (χ1v) is 13.7. The van der Waals surface area contributed by atoms with Crippen molar-refractivity contribution in [3.05, 3.63) is 29.1 Å². The first-order chi connectivity index (χ1) is 18.0. The Labute approximate surface area is 225 Å². The number of carboxylic acids is 1. The summed E-state index contributed by atoms with van der Waals surface area (Å²) in [6, 6.07) is 3.28. The van der Waals surface area contributed by atoms with Crippen molar-refractivity contribution in [2.45, 2.75) is 109 Å². The van der Waals surface area contributed by atoms with E-state index in [9.17, 15) is 19.5 Å². The van der Waals surface area contributed by atoms with Gasteiger partial charge in [-0.15, -0.1) is 0 Å². The molecule has 0 spiro atoms. The van der Waals surface area contributed by atoms with Gasteiger partial charge in [0.15, 0.2) is 0 Å². The van der Waals surface area contributed by atoms with Crippen LogP contribution in [-0.4, -0.2) is 65.2 Å². The van der Waals surface area contributed by atoms with E-state index in [1.54, 1.807) is 27.7 Å². The van der Waals surface area contributed by atoms with Gasteiger partial charge in [0, 0.05) is 24.4 Å². The lowest BCUT2D eigenvalue weighted by atomic mass is 9.79. The second-order valence-electron chi connectivity index (χ2n) is 11.4. The molecule has 0 bridgehead atoms. The smallest absolute Gasteiger partial charge is 0.408 e. The van der Waals surface area contributed by atoms with Gasteiger partial charge in [-0.3, -0.25) is 4.98 Å². The van der Waals surface area contributed by atoms with E-state index in [4.69, 9.17) is 19.2 Å². The molecule has 1 fully saturated rings. The molecule has 2 aliphatic carbocycles. The number of hydrogen-bond acceptors (Lipinski definition) is 7. The van der Waals surface area contributed by atoms with Crippen molar-refractivity contribution in [1.82, 2.24) is 15.6 Å². The number of aryl methyl sites for hydroxylation is 3. The van der Waals surface area contributed by atoms with Crippen LogP contribution in [0, 0.1) is 5.92 Å². The number of nitrogens with one attached hydrogen (secondary N) is 2. The summed E-state index contributed by atoms with van der Waals surface area (Å²) < 4.78 is 16.1. The fourth-order valence-corrected chi connectivity index (χ4v) is 4.72. The SMILES string of the molecule is C[C@H](CNC(=O)OC(C)(C)C)OC(=O)NC(CCOC1CC(CCc2ccc3c(n2)CCCC3)C1)C(=O)O. The second-order valence-corrected chi connectivity index (χ2v) is 11.4. The Morgan fingerprint density at radius 2 is 1.87 bits per heavy atom. The van der Waals surface area contributed by atoms with Crippen molar-refractivity contribution >= 4 is 18.2 Å². The second kappa shape index (κ2) is 13.8. The highest BCUT2D eigenvalue weighted by molar-refractivity contribution is 5.79. The number of alkyl carbamates (subject to hydrolysis) is 2. The average molecular weight is 534 g/mol. The molecule has 0 aliphatic heterocycles. The molecule has 1 aromatic heterocycles. The molecule has 2 amide bonds. The molecule has 212 valence electrons. The van der Waals surface area contributed by atoms with Crippen LogP contribution in [0.25, 0.3) is 0 Å². The van der Waals surface area contributed by atoms with Crippen LogP contribution in [0.15, 0.2) is 12.1 Å². The zero-order valence-corrected chi connectivity index (χ0v) is 23.1. The van der Waals surface area contributed by atoms with Gasteiger partial charge in [0.2, 0.25) is 0 Å². The molecule has 0 radical (unpaired) electrons. The quantitative estimate of drug-likeness (QED) is 0.364. The number of rotatable bonds is 12. The number of aliphatic carboxylic acids is 1. The van der Waals surface area contributed by atoms with Crippen LogP contribution >= 0.6 is 0 Å². The van der Waals surface area contributed by atoms with Crippen LogP contribution < -0.4 is 10.6 Å². The fraction of sp³-hybridized carbons (Fsp3) is 0.714. The summed E-state index contributed by atoms with van der Waals surface area (Å²) in [4.78, 5) is 40.3. The number of ether oxygens (including phenoxy) is 3. The van der Waals surface area contributed by atoms with Gasteiger partial charge in [-0.05, 0) is 96.6 Å². The Morgan fingerprint density at radius 1 is 1.13 bits per heavy atom. The van der Waals surface area contributed by atoms with Crippen LogP contribution in [0.3, 0.4) is 0 Å². The fourth-order valence-electron chi connectivity index (χ4n) is 4.72. The highest BCUT2D eigenvalue weighted by atomic mass is 16.6. The Morgan fingerprint density at radius 3 is 2.58 bits per heavy atom. The molecular formula is C28H43N3O7. The van der Waals surface area contributed by atoms with E-state index in [1.807, 2.05) is 0 Å². The number of hydrogen-bond donors (Lipinski definition) is 3. The van der Waals surface area contributed by atoms with Gasteiger partial charge in [0.1, 0.15) is 17.7 Å². The number of carbonyl (C=O) groups excluding carboxylic acids is 2. The third-order valence-corrected chi connectivity index (χ3v) is 6.83. The van der Waals surface area contributed by atoms with Gasteiger partial charge in [-0.2, -0.15) is 0 Å². The Kier molecular flexibility index (Phi) is 10.8. The summed E-state index contributed by atoms with van der Waals surface area (Å²) in [5, 5.41) is 14.3. The average Bonchev–Trinajstić information content (AvgIpc) is 2.81. The minimum Gasteiger partial charge on any atom is -0.480 e. The first-order valence-electron chi connectivity index (χ1n) is 13.7. The van der Waals surface area contributed by atoms with Gasteiger partial charge in [-0.25, -0.2) is 14.4 Å². The number of aromatic nitrogens is 1. The third-order valence-electron chi connectivity index (χ3n) is 6.83. The van der Waals surface area contributed by atoms with Crippen LogP contribution in [0.1, 0.15) is 83.2 Å². The minimum absolute atomic E-state index is 0.0363. The van der Waals surface area contributed by atoms with E-state index < -0.39 is 35.9 Å². The van der Waals surface area contributed by atoms with Crippen LogP contribution in [0.5, 0.6) is 0 Å². The van der Waals surface area contributed by atoms with Crippen molar-refractivity contribution in [3.63, 3.8) is 0 Å². The minimum atomic E-state index is -1.16. The molecule has 3 N–H and O–H groups in total. The van der Waals surface area contributed by atoms with Crippen LogP contribution in [-0.2, 0) is 38.3 Å². The number of amides is 2. The van der Waals surface area contributed by atoms with Gasteiger partial charge in [-0.1, -0.05) is 6.07 Å². The molecule has 2 atom stereocenters. The van der Waals surface area contributed by atoms with E-state index in [1.165, 1.54) is 29.8 Å². The van der Waals surface area contributed by atoms with Crippen molar-refractivity contribution in [3.8, 4) is 0 Å². The standard InChI is InChI=1S/C28H43N3O7/c1-18(17-29-26(34)38-28(2,3)4)37-27(35)31-24(25(32)33)13-14-36-22-15-19(16-22)9-11-21-12-10-20-7-5-6-8-23(20)30-21/h10,12,18-19,22,24H,5-9,11,13-17H2,1-4H3,(H,29,34)(H,31,35)(H,32,33)/t18-,19?,22?,24?/m1/s1. The number of fused-ring (bicyclic) bond motifs is 1. The lowest BCUT2D eigenvalue weighted by molar-refractivity contribution is -0.140. The maximum Gasteiger partial charge on any atom is 0.408 e. The number of pyridine rings is 1. The van der Waals surface area contributed by atoms with E-state index in [0.29, 0.717) is 5.92 Å². The maximum absolute atomic E-state index is 12.1. The van der Waals surface area contributed by atoms with Crippen molar-refractivity contribution in [1.29, 1.82) is 0 Å². The lowest BCUT2D eigenvalue weighted by Crippen LogP contribution is -2.44. The van der Waals surface area contributed by atoms with E-state index in [-0.39, 0.29) is 25.7 Å². The highest BCUT2D eigenvalue weighted by Crippen LogP contribution is 2.34. The highest BCUT2D eigenvalue weighted by Gasteiger charge is 2.30. The molecule has 3 rings (SSSR count). The molecule has 1 unspecified atom stereocenters. The van der Waals surface area contributed by atoms with Crippen LogP contribution in [0.4, 0.5) is 9.59 Å². The lowest BCUT2D eigenvalue weighted by Gasteiger charge is -2.35. The predicted octanol–water partition coefficient (Wildman–Crippen LogP) is 4.17. The topological polar surface area (TPSA) is 136 Å². The van der Waals surface area contributed by atoms with Gasteiger partial charge in [0.25, 0.3) is 0 Å². The molecule has 1 aromatic rings. The van der Waals surface area contributed by atoms with Crippen molar-refractivity contribution in [2.24, 2.45) is 5.92 Å². The number of carboxylic acid groups (broad SMARTS) is 1. The molecular weight excluding hydrogens is 490 g/mol. The summed E-state index contributed by atoms with van der Waals surface area (Å²) in [5.74, 6) is -0.564. The Balaban J connectivity index is 1.28. The van der Waals surface area contributed by atoms with Crippen molar-refractivity contribution in [2.75, 3.05) is 13.2 Å². The molecule has 1 heterocycles. The molecule has 10 heteroatoms. The van der Waals surface area contributed by atoms with E-state index in [2.05, 4.69) is 22.8 Å². The molecule has 2 aliphatic rings. The Hall–Kier alpha value is -2.88. The van der Waals surface area contributed by atoms with Crippen molar-refractivity contribution < 1.29 is 33.7 Å². The van der Waals surface area contributed by atoms with E-state index in [0.717, 1.165) is 38.5 Å². The molecule has 38 heavy (non-hydrogen) atoms. The van der Waals surface area contributed by atoms with E-state index >= 15 is 0 Å². The zero-order chi connectivity index (χ0) is 27.7. The van der Waals surface area contributed by atoms with Crippen LogP contribution in [0.2, 0.25) is 0 Å².